The average Bonchev–Trinajstić information content (AvgIpc) is 2.66. The number of nitro groups is 1. The molecule has 0 fully saturated rings. The van der Waals surface area contributed by atoms with E-state index in [0.29, 0.717) is 12.0 Å². The van der Waals surface area contributed by atoms with E-state index in [4.69, 9.17) is 4.74 Å². The summed E-state index contributed by atoms with van der Waals surface area (Å²) in [5.74, 6) is -0.474. The van der Waals surface area contributed by atoms with Crippen molar-refractivity contribution in [3.8, 4) is 0 Å². The number of esters is 1. The van der Waals surface area contributed by atoms with Crippen LogP contribution < -0.4 is 0 Å². The first-order valence-electron chi connectivity index (χ1n) is 9.43. The zero-order valence-electron chi connectivity index (χ0n) is 16.6. The van der Waals surface area contributed by atoms with E-state index in [-0.39, 0.29) is 17.2 Å². The minimum atomic E-state index is -0.492. The number of ether oxygens (including phenoxy) is 1. The summed E-state index contributed by atoms with van der Waals surface area (Å²) in [6, 6.07) is 15.7. The summed E-state index contributed by atoms with van der Waals surface area (Å²) in [7, 11) is 0. The van der Waals surface area contributed by atoms with Crippen LogP contribution >= 0.6 is 0 Å². The lowest BCUT2D eigenvalue weighted by Crippen LogP contribution is -2.17. The Morgan fingerprint density at radius 2 is 1.75 bits per heavy atom. The smallest absolute Gasteiger partial charge is 0.338 e. The van der Waals surface area contributed by atoms with Gasteiger partial charge in [0.05, 0.1) is 10.5 Å². The molecule has 0 heterocycles. The first-order chi connectivity index (χ1) is 13.2. The van der Waals surface area contributed by atoms with E-state index in [9.17, 15) is 14.9 Å². The summed E-state index contributed by atoms with van der Waals surface area (Å²) in [6.07, 6.45) is 6.15. The minimum Gasteiger partial charge on any atom is -0.455 e. The third-order valence-electron chi connectivity index (χ3n) is 4.18. The standard InChI is InChI=1S/C23H27NO4/c1-23(2,3)17-16-21(11-7-10-18-8-5-4-6-9-18)28-22(25)19-12-14-20(15-13-19)24(26)27/h4-6,8-9,12-17,21H,7,10-11H2,1-3H3/b17-16+/t21-/m1/s1. The molecule has 1 atom stereocenters. The Labute approximate surface area is 166 Å². The van der Waals surface area contributed by atoms with Gasteiger partial charge in [-0.25, -0.2) is 4.79 Å². The molecule has 5 heteroatoms. The van der Waals surface area contributed by atoms with Crippen molar-refractivity contribution >= 4 is 11.7 Å². The highest BCUT2D eigenvalue weighted by atomic mass is 16.6. The second-order valence-corrected chi connectivity index (χ2v) is 7.85. The second-order valence-electron chi connectivity index (χ2n) is 7.85. The Bertz CT molecular complexity index is 805. The molecule has 0 saturated carbocycles. The molecule has 5 nitrogen and oxygen atoms in total. The molecule has 0 bridgehead atoms. The summed E-state index contributed by atoms with van der Waals surface area (Å²) in [6.45, 7) is 6.26. The number of carbonyl (C=O) groups excluding carboxylic acids is 1. The fourth-order valence-electron chi connectivity index (χ4n) is 2.67. The van der Waals surface area contributed by atoms with Crippen molar-refractivity contribution in [2.75, 3.05) is 0 Å². The van der Waals surface area contributed by atoms with Crippen LogP contribution in [0.3, 0.4) is 0 Å². The predicted octanol–water partition coefficient (Wildman–Crippen LogP) is 5.75. The van der Waals surface area contributed by atoms with Crippen LogP contribution in [0.15, 0.2) is 66.7 Å². The summed E-state index contributed by atoms with van der Waals surface area (Å²) in [4.78, 5) is 22.7. The average molecular weight is 381 g/mol. The van der Waals surface area contributed by atoms with Crippen molar-refractivity contribution in [3.05, 3.63) is 88.0 Å². The van der Waals surface area contributed by atoms with Crippen molar-refractivity contribution in [2.24, 2.45) is 5.41 Å². The van der Waals surface area contributed by atoms with Crippen molar-refractivity contribution < 1.29 is 14.5 Å². The molecule has 2 aromatic carbocycles. The topological polar surface area (TPSA) is 69.4 Å². The normalized spacial score (nSPS) is 12.7. The number of rotatable bonds is 8. The van der Waals surface area contributed by atoms with Crippen LogP contribution in [-0.4, -0.2) is 17.0 Å². The largest absolute Gasteiger partial charge is 0.455 e. The van der Waals surface area contributed by atoms with Gasteiger partial charge in [-0.05, 0) is 48.4 Å². The van der Waals surface area contributed by atoms with Gasteiger partial charge in [0.15, 0.2) is 0 Å². The zero-order valence-corrected chi connectivity index (χ0v) is 16.6. The van der Waals surface area contributed by atoms with Crippen LogP contribution in [-0.2, 0) is 11.2 Å². The molecule has 148 valence electrons. The van der Waals surface area contributed by atoms with Gasteiger partial charge in [-0.15, -0.1) is 0 Å². The van der Waals surface area contributed by atoms with E-state index >= 15 is 0 Å². The SMILES string of the molecule is CC(C)(C)/C=C/[C@@H](CCCc1ccccc1)OC(=O)c1ccc([N+](=O)[O-])cc1. The lowest BCUT2D eigenvalue weighted by Gasteiger charge is -2.18. The fourth-order valence-corrected chi connectivity index (χ4v) is 2.67. The second kappa shape index (κ2) is 9.83. The molecule has 0 aromatic heterocycles. The third kappa shape index (κ3) is 7.35. The van der Waals surface area contributed by atoms with Gasteiger partial charge >= 0.3 is 5.97 Å². The Morgan fingerprint density at radius 1 is 1.11 bits per heavy atom. The molecule has 0 aliphatic carbocycles. The van der Waals surface area contributed by atoms with Crippen molar-refractivity contribution in [3.63, 3.8) is 0 Å². The van der Waals surface area contributed by atoms with Crippen molar-refractivity contribution in [1.82, 2.24) is 0 Å². The molecule has 2 aromatic rings. The number of aryl methyl sites for hydroxylation is 1. The molecule has 0 aliphatic heterocycles. The maximum atomic E-state index is 12.5. The van der Waals surface area contributed by atoms with Crippen LogP contribution in [0.1, 0.15) is 49.5 Å². The fraction of sp³-hybridized carbons (Fsp3) is 0.348. The molecule has 0 radical (unpaired) electrons. The first kappa shape index (κ1) is 21.4. The van der Waals surface area contributed by atoms with Crippen LogP contribution in [0.4, 0.5) is 5.69 Å². The summed E-state index contributed by atoms with van der Waals surface area (Å²) in [5.41, 5.74) is 1.49. The van der Waals surface area contributed by atoms with Crippen LogP contribution in [0.2, 0.25) is 0 Å². The Hall–Kier alpha value is -2.95. The Balaban J connectivity index is 2.02. The van der Waals surface area contributed by atoms with E-state index in [2.05, 4.69) is 32.9 Å². The van der Waals surface area contributed by atoms with E-state index in [1.54, 1.807) is 0 Å². The van der Waals surface area contributed by atoms with Gasteiger partial charge in [0.25, 0.3) is 5.69 Å². The van der Waals surface area contributed by atoms with Crippen molar-refractivity contribution in [1.29, 1.82) is 0 Å². The van der Waals surface area contributed by atoms with Crippen LogP contribution in [0.5, 0.6) is 0 Å². The first-order valence-corrected chi connectivity index (χ1v) is 9.43. The van der Waals surface area contributed by atoms with Crippen molar-refractivity contribution in [2.45, 2.75) is 46.1 Å². The number of carbonyl (C=O) groups is 1. The number of nitro benzene ring substituents is 1. The number of hydrogen-bond donors (Lipinski definition) is 0. The quantitative estimate of drug-likeness (QED) is 0.253. The number of hydrogen-bond acceptors (Lipinski definition) is 4. The predicted molar refractivity (Wildman–Crippen MR) is 110 cm³/mol. The molecule has 0 N–H and O–H groups in total. The number of benzene rings is 2. The number of non-ortho nitro benzene ring substituents is 1. The molecule has 0 unspecified atom stereocenters. The van der Waals surface area contributed by atoms with E-state index in [1.807, 2.05) is 30.4 Å². The molecule has 0 saturated heterocycles. The number of nitrogens with zero attached hydrogens (tertiary/aromatic N) is 1. The monoisotopic (exact) mass is 381 g/mol. The zero-order chi connectivity index (χ0) is 20.6. The van der Waals surface area contributed by atoms with Gasteiger partial charge in [0.2, 0.25) is 0 Å². The lowest BCUT2D eigenvalue weighted by molar-refractivity contribution is -0.384. The van der Waals surface area contributed by atoms with E-state index in [1.165, 1.54) is 29.8 Å². The highest BCUT2D eigenvalue weighted by molar-refractivity contribution is 5.89. The van der Waals surface area contributed by atoms with Gasteiger partial charge in [0, 0.05) is 12.1 Å². The molecular formula is C23H27NO4. The summed E-state index contributed by atoms with van der Waals surface area (Å²) >= 11 is 0. The van der Waals surface area contributed by atoms with E-state index < -0.39 is 10.9 Å². The van der Waals surface area contributed by atoms with Gasteiger partial charge in [-0.3, -0.25) is 10.1 Å². The Kier molecular flexibility index (Phi) is 7.50. The lowest BCUT2D eigenvalue weighted by atomic mass is 9.95. The summed E-state index contributed by atoms with van der Waals surface area (Å²) in [5, 5.41) is 10.8. The third-order valence-corrected chi connectivity index (χ3v) is 4.18. The van der Waals surface area contributed by atoms with Crippen LogP contribution in [0, 0.1) is 15.5 Å². The molecule has 2 rings (SSSR count). The van der Waals surface area contributed by atoms with Gasteiger partial charge in [0.1, 0.15) is 6.10 Å². The summed E-state index contributed by atoms with van der Waals surface area (Å²) < 4.78 is 5.67. The Morgan fingerprint density at radius 3 is 2.32 bits per heavy atom. The maximum absolute atomic E-state index is 12.5. The van der Waals surface area contributed by atoms with Gasteiger partial charge in [-0.2, -0.15) is 0 Å². The molecule has 28 heavy (non-hydrogen) atoms. The number of allylic oxidation sites excluding steroid dienone is 1. The maximum Gasteiger partial charge on any atom is 0.338 e. The molecule has 0 amide bonds. The molecular weight excluding hydrogens is 354 g/mol. The highest BCUT2D eigenvalue weighted by Crippen LogP contribution is 2.19. The molecule has 0 spiro atoms. The van der Waals surface area contributed by atoms with Gasteiger partial charge < -0.3 is 4.74 Å². The van der Waals surface area contributed by atoms with Gasteiger partial charge in [-0.1, -0.05) is 57.2 Å². The van der Waals surface area contributed by atoms with Crippen LogP contribution in [0.25, 0.3) is 0 Å². The van der Waals surface area contributed by atoms with E-state index in [0.717, 1.165) is 12.8 Å². The minimum absolute atomic E-state index is 0.0164. The molecule has 0 aliphatic rings. The highest BCUT2D eigenvalue weighted by Gasteiger charge is 2.16.